The van der Waals surface area contributed by atoms with E-state index in [0.29, 0.717) is 4.65 Å². The molecule has 2 rings (SSSR count). The number of nitrogens with zero attached hydrogens (tertiary/aromatic N) is 1. The van der Waals surface area contributed by atoms with Gasteiger partial charge < -0.3 is 0 Å². The van der Waals surface area contributed by atoms with Crippen LogP contribution in [0.2, 0.25) is 0 Å². The van der Waals surface area contributed by atoms with Crippen LogP contribution in [0.15, 0.2) is 24.3 Å². The highest BCUT2D eigenvalue weighted by Gasteiger charge is 2.34. The van der Waals surface area contributed by atoms with Crippen LogP contribution in [0.3, 0.4) is 0 Å². The van der Waals surface area contributed by atoms with Crippen molar-refractivity contribution in [2.45, 2.75) is 0 Å². The Morgan fingerprint density at radius 1 is 1.18 bits per heavy atom. The van der Waals surface area contributed by atoms with E-state index in [-0.39, 0.29) is 0 Å². The third-order valence-corrected chi connectivity index (χ3v) is 1.76. The van der Waals surface area contributed by atoms with Crippen molar-refractivity contribution in [3.05, 3.63) is 24.3 Å². The predicted octanol–water partition coefficient (Wildman–Crippen LogP) is 1.49. The second-order valence-corrected chi connectivity index (χ2v) is 2.98. The monoisotopic (exact) mass is 152 g/mol. The fourth-order valence-electron chi connectivity index (χ4n) is 1.15. The van der Waals surface area contributed by atoms with Crippen molar-refractivity contribution in [1.29, 1.82) is 0 Å². The smallest absolute Gasteiger partial charge is 0.235 e. The molecule has 1 aromatic rings. The van der Waals surface area contributed by atoms with E-state index in [4.69, 9.17) is 9.88 Å². The Balaban J connectivity index is 2.56. The highest BCUT2D eigenvalue weighted by atomic mass is 17.3. The lowest BCUT2D eigenvalue weighted by Gasteiger charge is -2.13. The van der Waals surface area contributed by atoms with E-state index in [1.54, 1.807) is 0 Å². The van der Waals surface area contributed by atoms with E-state index >= 15 is 0 Å². The summed E-state index contributed by atoms with van der Waals surface area (Å²) in [4.78, 5) is 10.0. The summed E-state index contributed by atoms with van der Waals surface area (Å²) < 4.78 is 0.330. The number of quaternary nitrogens is 1. The lowest BCUT2D eigenvalue weighted by atomic mass is 10.3. The standard InChI is InChI=1S/C8H10NO2/c1-9(2)7-5-3-4-6-8(7)10-11-9/h3-6H,1-2H3/q+1. The summed E-state index contributed by atoms with van der Waals surface area (Å²) in [6.07, 6.45) is 0. The van der Waals surface area contributed by atoms with Gasteiger partial charge in [-0.15, -0.1) is 4.65 Å². The summed E-state index contributed by atoms with van der Waals surface area (Å²) in [5.74, 6) is 0.803. The molecule has 0 aromatic heterocycles. The third kappa shape index (κ3) is 0.895. The maximum atomic E-state index is 5.05. The molecule has 0 atom stereocenters. The number of hydroxylamine groups is 2. The van der Waals surface area contributed by atoms with Gasteiger partial charge in [0.25, 0.3) is 0 Å². The topological polar surface area (TPSA) is 18.5 Å². The van der Waals surface area contributed by atoms with E-state index in [2.05, 4.69) is 0 Å². The summed E-state index contributed by atoms with van der Waals surface area (Å²) in [6, 6.07) is 7.77. The van der Waals surface area contributed by atoms with Gasteiger partial charge in [-0.2, -0.15) is 0 Å². The minimum atomic E-state index is 0.330. The lowest BCUT2D eigenvalue weighted by molar-refractivity contribution is -0.316. The van der Waals surface area contributed by atoms with Crippen LogP contribution in [0.1, 0.15) is 0 Å². The molecular formula is C8H10NO2+. The zero-order chi connectivity index (χ0) is 7.90. The largest absolute Gasteiger partial charge is 0.283 e. The summed E-state index contributed by atoms with van der Waals surface area (Å²) in [5, 5.41) is 0. The van der Waals surface area contributed by atoms with Crippen LogP contribution in [0.5, 0.6) is 5.75 Å². The van der Waals surface area contributed by atoms with Crippen molar-refractivity contribution in [2.75, 3.05) is 14.1 Å². The number of para-hydroxylation sites is 2. The van der Waals surface area contributed by atoms with Crippen molar-refractivity contribution < 1.29 is 9.88 Å². The van der Waals surface area contributed by atoms with Gasteiger partial charge in [-0.1, -0.05) is 12.1 Å². The van der Waals surface area contributed by atoms with Crippen molar-refractivity contribution in [2.24, 2.45) is 0 Å². The van der Waals surface area contributed by atoms with Gasteiger partial charge in [0.15, 0.2) is 0 Å². The van der Waals surface area contributed by atoms with Crippen molar-refractivity contribution in [3.63, 3.8) is 0 Å². The molecule has 1 aromatic carbocycles. The van der Waals surface area contributed by atoms with Gasteiger partial charge >= 0.3 is 0 Å². The summed E-state index contributed by atoms with van der Waals surface area (Å²) in [5.41, 5.74) is 1.05. The molecule has 0 unspecified atom stereocenters. The zero-order valence-corrected chi connectivity index (χ0v) is 6.57. The van der Waals surface area contributed by atoms with E-state index in [1.807, 2.05) is 38.4 Å². The van der Waals surface area contributed by atoms with Crippen LogP contribution < -0.4 is 9.53 Å². The molecule has 1 aliphatic heterocycles. The summed E-state index contributed by atoms with van der Waals surface area (Å²) in [6.45, 7) is 0. The second kappa shape index (κ2) is 1.96. The zero-order valence-electron chi connectivity index (χ0n) is 6.57. The molecule has 0 saturated heterocycles. The lowest BCUT2D eigenvalue weighted by Crippen LogP contribution is -2.36. The van der Waals surface area contributed by atoms with Gasteiger partial charge in [-0.25, -0.2) is 0 Å². The SMILES string of the molecule is C[N+]1(C)OOc2ccccc21. The number of rotatable bonds is 0. The number of benzene rings is 1. The van der Waals surface area contributed by atoms with E-state index in [9.17, 15) is 0 Å². The molecule has 0 amide bonds. The van der Waals surface area contributed by atoms with E-state index in [1.165, 1.54) is 0 Å². The molecule has 58 valence electrons. The van der Waals surface area contributed by atoms with Gasteiger partial charge in [0.1, 0.15) is 14.1 Å². The maximum Gasteiger partial charge on any atom is 0.235 e. The Bertz CT molecular complexity index is 283. The van der Waals surface area contributed by atoms with Crippen molar-refractivity contribution >= 4 is 5.69 Å². The quantitative estimate of drug-likeness (QED) is 0.414. The van der Waals surface area contributed by atoms with Gasteiger partial charge in [0.2, 0.25) is 11.4 Å². The van der Waals surface area contributed by atoms with Crippen LogP contribution in [0, 0.1) is 0 Å². The van der Waals surface area contributed by atoms with Gasteiger partial charge in [0, 0.05) is 11.1 Å². The van der Waals surface area contributed by atoms with Crippen LogP contribution in [0.4, 0.5) is 5.69 Å². The van der Waals surface area contributed by atoms with Crippen LogP contribution in [0.25, 0.3) is 0 Å². The molecule has 0 aliphatic carbocycles. The molecule has 0 fully saturated rings. The number of fused-ring (bicyclic) bond motifs is 1. The molecule has 0 spiro atoms. The Morgan fingerprint density at radius 3 is 2.64 bits per heavy atom. The normalized spacial score (nSPS) is 19.1. The molecule has 0 radical (unpaired) electrons. The average molecular weight is 152 g/mol. The molecule has 0 saturated carbocycles. The number of hydrogen-bond donors (Lipinski definition) is 0. The first-order valence-electron chi connectivity index (χ1n) is 3.50. The molecule has 1 heterocycles. The molecule has 0 N–H and O–H groups in total. The van der Waals surface area contributed by atoms with E-state index in [0.717, 1.165) is 11.4 Å². The van der Waals surface area contributed by atoms with Gasteiger partial charge in [-0.05, 0) is 6.07 Å². The minimum Gasteiger partial charge on any atom is -0.283 e. The average Bonchev–Trinajstić information content (AvgIpc) is 2.29. The Hall–Kier alpha value is -1.06. The molecular weight excluding hydrogens is 142 g/mol. The highest BCUT2D eigenvalue weighted by Crippen LogP contribution is 2.36. The van der Waals surface area contributed by atoms with Gasteiger partial charge in [0.05, 0.1) is 0 Å². The van der Waals surface area contributed by atoms with E-state index < -0.39 is 0 Å². The first-order chi connectivity index (χ1) is 5.20. The molecule has 3 heteroatoms. The number of hydrogen-bond acceptors (Lipinski definition) is 2. The van der Waals surface area contributed by atoms with Crippen LogP contribution in [-0.2, 0) is 4.99 Å². The Morgan fingerprint density at radius 2 is 1.91 bits per heavy atom. The van der Waals surface area contributed by atoms with Gasteiger partial charge in [-0.3, -0.25) is 4.89 Å². The molecule has 0 bridgehead atoms. The van der Waals surface area contributed by atoms with Crippen LogP contribution in [-0.4, -0.2) is 14.1 Å². The molecule has 3 nitrogen and oxygen atoms in total. The predicted molar refractivity (Wildman–Crippen MR) is 41.8 cm³/mol. The Labute approximate surface area is 65.2 Å². The fraction of sp³-hybridized carbons (Fsp3) is 0.250. The fourth-order valence-corrected chi connectivity index (χ4v) is 1.15. The summed E-state index contributed by atoms with van der Waals surface area (Å²) in [7, 11) is 3.84. The third-order valence-electron chi connectivity index (χ3n) is 1.76. The summed E-state index contributed by atoms with van der Waals surface area (Å²) >= 11 is 0. The van der Waals surface area contributed by atoms with Crippen molar-refractivity contribution in [3.8, 4) is 5.75 Å². The first-order valence-corrected chi connectivity index (χ1v) is 3.50. The minimum absolute atomic E-state index is 0.330. The highest BCUT2D eigenvalue weighted by molar-refractivity contribution is 5.54. The maximum absolute atomic E-state index is 5.05. The first kappa shape index (κ1) is 6.64. The molecule has 1 aliphatic rings. The Kier molecular flexibility index (Phi) is 1.19. The van der Waals surface area contributed by atoms with Crippen LogP contribution >= 0.6 is 0 Å². The second-order valence-electron chi connectivity index (χ2n) is 2.98. The molecule has 11 heavy (non-hydrogen) atoms. The van der Waals surface area contributed by atoms with Crippen molar-refractivity contribution in [1.82, 2.24) is 4.65 Å².